The number of Topliss-reactive ketones (excluding diaryl/α,β-unsaturated/α-hetero) is 2. The van der Waals surface area contributed by atoms with E-state index in [2.05, 4.69) is 0 Å². The van der Waals surface area contributed by atoms with E-state index >= 15 is 0 Å². The fraction of sp³-hybridized carbons (Fsp3) is 0.316. The summed E-state index contributed by atoms with van der Waals surface area (Å²) in [6.07, 6.45) is 3.80. The third-order valence-electron chi connectivity index (χ3n) is 4.97. The van der Waals surface area contributed by atoms with E-state index < -0.39 is 17.1 Å². The van der Waals surface area contributed by atoms with Crippen LogP contribution in [0.3, 0.4) is 0 Å². The van der Waals surface area contributed by atoms with Crippen molar-refractivity contribution in [2.45, 2.75) is 26.7 Å². The summed E-state index contributed by atoms with van der Waals surface area (Å²) in [5.41, 5.74) is 0.257. The van der Waals surface area contributed by atoms with Crippen molar-refractivity contribution in [3.05, 3.63) is 57.1 Å². The van der Waals surface area contributed by atoms with Gasteiger partial charge < -0.3 is 0 Å². The lowest BCUT2D eigenvalue weighted by Gasteiger charge is -2.42. The molecule has 0 saturated carbocycles. The highest BCUT2D eigenvalue weighted by atomic mass is 35.5. The van der Waals surface area contributed by atoms with Gasteiger partial charge in [0, 0.05) is 16.5 Å². The van der Waals surface area contributed by atoms with Crippen LogP contribution in [0.15, 0.2) is 41.5 Å². The highest BCUT2D eigenvalue weighted by Gasteiger charge is 2.56. The van der Waals surface area contributed by atoms with Gasteiger partial charge in [-0.1, -0.05) is 34.9 Å². The monoisotopic (exact) mass is 362 g/mol. The van der Waals surface area contributed by atoms with Gasteiger partial charge in [-0.15, -0.1) is 0 Å². The number of hydrogen-bond acceptors (Lipinski definition) is 3. The molecule has 1 aromatic rings. The largest absolute Gasteiger partial charge is 0.294 e. The van der Waals surface area contributed by atoms with Crippen molar-refractivity contribution in [3.63, 3.8) is 0 Å². The van der Waals surface area contributed by atoms with E-state index in [1.807, 2.05) is 13.0 Å². The first-order valence-corrected chi connectivity index (χ1v) is 8.45. The van der Waals surface area contributed by atoms with Gasteiger partial charge in [0.05, 0.1) is 5.02 Å². The molecule has 0 amide bonds. The first-order valence-electron chi connectivity index (χ1n) is 7.70. The lowest BCUT2D eigenvalue weighted by Crippen LogP contribution is -2.52. The highest BCUT2D eigenvalue weighted by Crippen LogP contribution is 2.48. The molecule has 0 aromatic heterocycles. The van der Waals surface area contributed by atoms with Crippen LogP contribution >= 0.6 is 23.2 Å². The van der Waals surface area contributed by atoms with Crippen LogP contribution in [0.5, 0.6) is 0 Å². The lowest BCUT2D eigenvalue weighted by molar-refractivity contribution is -0.134. The van der Waals surface area contributed by atoms with Crippen LogP contribution in [0.4, 0.5) is 0 Å². The van der Waals surface area contributed by atoms with Crippen molar-refractivity contribution in [2.24, 2.45) is 11.3 Å². The number of halogens is 2. The third kappa shape index (κ3) is 2.47. The Morgan fingerprint density at radius 2 is 1.92 bits per heavy atom. The molecular formula is C19H16Cl2O3. The lowest BCUT2D eigenvalue weighted by atomic mass is 9.57. The molecule has 124 valence electrons. The van der Waals surface area contributed by atoms with E-state index in [9.17, 15) is 14.4 Å². The van der Waals surface area contributed by atoms with E-state index in [1.165, 1.54) is 18.2 Å². The molecule has 0 N–H and O–H groups in total. The molecule has 0 heterocycles. The Kier molecular flexibility index (Phi) is 4.27. The van der Waals surface area contributed by atoms with Gasteiger partial charge in [-0.25, -0.2) is 0 Å². The number of allylic oxidation sites excluding steroid dienone is 4. The molecule has 2 atom stereocenters. The van der Waals surface area contributed by atoms with Crippen molar-refractivity contribution in [1.29, 1.82) is 0 Å². The molecule has 1 aromatic carbocycles. The van der Waals surface area contributed by atoms with Crippen LogP contribution < -0.4 is 0 Å². The van der Waals surface area contributed by atoms with E-state index in [0.29, 0.717) is 17.0 Å². The number of rotatable bonds is 2. The highest BCUT2D eigenvalue weighted by molar-refractivity contribution is 6.38. The predicted octanol–water partition coefficient (Wildman–Crippen LogP) is 4.62. The molecule has 0 spiro atoms. The van der Waals surface area contributed by atoms with Crippen LogP contribution in [0.25, 0.3) is 0 Å². The van der Waals surface area contributed by atoms with Crippen LogP contribution in [0.1, 0.15) is 37.0 Å². The van der Waals surface area contributed by atoms with Crippen molar-refractivity contribution in [1.82, 2.24) is 0 Å². The number of fused-ring (bicyclic) bond motifs is 1. The van der Waals surface area contributed by atoms with Gasteiger partial charge in [-0.05, 0) is 56.5 Å². The quantitative estimate of drug-likeness (QED) is 0.438. The fourth-order valence-corrected chi connectivity index (χ4v) is 4.09. The number of carbonyl (C=O) groups excluding carboxylic acids is 3. The average molecular weight is 363 g/mol. The van der Waals surface area contributed by atoms with Gasteiger partial charge >= 0.3 is 0 Å². The summed E-state index contributed by atoms with van der Waals surface area (Å²) in [5, 5.41) is 0.602. The zero-order chi connectivity index (χ0) is 17.6. The summed E-state index contributed by atoms with van der Waals surface area (Å²) in [5.74, 6) is -1.52. The van der Waals surface area contributed by atoms with Crippen LogP contribution in [0.2, 0.25) is 10.0 Å². The summed E-state index contributed by atoms with van der Waals surface area (Å²) in [4.78, 5) is 38.8. The molecule has 5 heteroatoms. The maximum atomic E-state index is 13.3. The molecule has 3 rings (SSSR count). The van der Waals surface area contributed by atoms with Crippen molar-refractivity contribution in [2.75, 3.05) is 0 Å². The molecule has 2 aliphatic rings. The summed E-state index contributed by atoms with van der Waals surface area (Å²) < 4.78 is 0. The molecule has 0 radical (unpaired) electrons. The Morgan fingerprint density at radius 3 is 2.58 bits per heavy atom. The molecule has 2 aliphatic carbocycles. The Hall–Kier alpha value is -1.71. The Labute approximate surface area is 150 Å². The topological polar surface area (TPSA) is 51.2 Å². The standard InChI is InChI=1S/C19H16Cl2O3/c1-10-5-6-19(14(7-10)17(23)11(2)8-16(19)22)18(24)13-4-3-12(20)9-15(13)21/h3-5,8-9,14H,6-7H2,1-2H3. The molecule has 0 aliphatic heterocycles. The van der Waals surface area contributed by atoms with Gasteiger partial charge in [0.15, 0.2) is 17.3 Å². The minimum absolute atomic E-state index is 0.138. The van der Waals surface area contributed by atoms with Crippen molar-refractivity contribution in [3.8, 4) is 0 Å². The van der Waals surface area contributed by atoms with E-state index in [4.69, 9.17) is 23.2 Å². The van der Waals surface area contributed by atoms with Gasteiger partial charge in [0.2, 0.25) is 0 Å². The second-order valence-corrected chi connectivity index (χ2v) is 7.34. The van der Waals surface area contributed by atoms with Crippen LogP contribution in [0, 0.1) is 11.3 Å². The SMILES string of the molecule is CC1=CCC2(C(=O)c3ccc(Cl)cc3Cl)C(=O)C=C(C)C(=O)C2C1. The predicted molar refractivity (Wildman–Crippen MR) is 93.5 cm³/mol. The minimum atomic E-state index is -1.40. The van der Waals surface area contributed by atoms with Gasteiger partial charge in [0.1, 0.15) is 5.41 Å². The number of hydrogen-bond donors (Lipinski definition) is 0. The zero-order valence-electron chi connectivity index (χ0n) is 13.4. The second kappa shape index (κ2) is 5.98. The van der Waals surface area contributed by atoms with Crippen LogP contribution in [-0.4, -0.2) is 17.3 Å². The number of carbonyl (C=O) groups is 3. The number of benzene rings is 1. The van der Waals surface area contributed by atoms with Crippen molar-refractivity contribution >= 4 is 40.6 Å². The maximum Gasteiger partial charge on any atom is 0.179 e. The molecule has 24 heavy (non-hydrogen) atoms. The maximum absolute atomic E-state index is 13.3. The van der Waals surface area contributed by atoms with Gasteiger partial charge in [-0.3, -0.25) is 14.4 Å². The Balaban J connectivity index is 2.19. The second-order valence-electron chi connectivity index (χ2n) is 6.49. The molecule has 2 unspecified atom stereocenters. The van der Waals surface area contributed by atoms with E-state index in [0.717, 1.165) is 5.57 Å². The van der Waals surface area contributed by atoms with Gasteiger partial charge in [0.25, 0.3) is 0 Å². The third-order valence-corrected chi connectivity index (χ3v) is 5.51. The minimum Gasteiger partial charge on any atom is -0.294 e. The normalized spacial score (nSPS) is 26.6. The summed E-state index contributed by atoms with van der Waals surface area (Å²) >= 11 is 12.1. The molecule has 3 nitrogen and oxygen atoms in total. The summed E-state index contributed by atoms with van der Waals surface area (Å²) in [6.45, 7) is 3.53. The molecular weight excluding hydrogens is 347 g/mol. The first-order chi connectivity index (χ1) is 11.3. The first kappa shape index (κ1) is 17.1. The summed E-state index contributed by atoms with van der Waals surface area (Å²) in [6, 6.07) is 4.56. The molecule has 0 saturated heterocycles. The molecule has 0 bridgehead atoms. The summed E-state index contributed by atoms with van der Waals surface area (Å²) in [7, 11) is 0. The fourth-order valence-electron chi connectivity index (χ4n) is 3.59. The number of ketones is 3. The van der Waals surface area contributed by atoms with Gasteiger partial charge in [-0.2, -0.15) is 0 Å². The Morgan fingerprint density at radius 1 is 1.21 bits per heavy atom. The average Bonchev–Trinajstić information content (AvgIpc) is 2.52. The zero-order valence-corrected chi connectivity index (χ0v) is 14.9. The smallest absolute Gasteiger partial charge is 0.179 e. The van der Waals surface area contributed by atoms with E-state index in [-0.39, 0.29) is 28.6 Å². The van der Waals surface area contributed by atoms with Crippen molar-refractivity contribution < 1.29 is 14.4 Å². The van der Waals surface area contributed by atoms with Crippen LogP contribution in [-0.2, 0) is 9.59 Å². The Bertz CT molecular complexity index is 835. The molecule has 0 fully saturated rings. The van der Waals surface area contributed by atoms with E-state index in [1.54, 1.807) is 13.0 Å².